The van der Waals surface area contributed by atoms with Crippen molar-refractivity contribution in [3.05, 3.63) is 35.0 Å². The highest BCUT2D eigenvalue weighted by atomic mass is 32.1. The number of esters is 1. The Morgan fingerprint density at radius 3 is 2.69 bits per heavy atom. The number of nitrogens with one attached hydrogen (secondary N) is 2. The largest absolute Gasteiger partial charge is 0.490 e. The SMILES string of the molecule is CCOC(=O)C1=C(C)NC(=S)N[C@@H]1c1ccc(OCC#N)c(OCC)c1. The van der Waals surface area contributed by atoms with E-state index in [4.69, 9.17) is 31.7 Å². The Morgan fingerprint density at radius 1 is 1.27 bits per heavy atom. The zero-order valence-electron chi connectivity index (χ0n) is 14.9. The molecule has 0 spiro atoms. The van der Waals surface area contributed by atoms with Crippen LogP contribution in [-0.4, -0.2) is 30.9 Å². The number of nitriles is 1. The lowest BCUT2D eigenvalue weighted by atomic mass is 9.95. The monoisotopic (exact) mass is 375 g/mol. The Bertz CT molecular complexity index is 770. The molecule has 1 heterocycles. The van der Waals surface area contributed by atoms with Gasteiger partial charge in [-0.1, -0.05) is 6.07 Å². The van der Waals surface area contributed by atoms with Gasteiger partial charge in [-0.25, -0.2) is 4.79 Å². The summed E-state index contributed by atoms with van der Waals surface area (Å²) < 4.78 is 16.2. The fraction of sp³-hybridized carbons (Fsp3) is 0.389. The number of allylic oxidation sites excluding steroid dienone is 1. The first kappa shape index (κ1) is 19.5. The number of thiocarbonyl (C=S) groups is 1. The van der Waals surface area contributed by atoms with Crippen LogP contribution >= 0.6 is 12.2 Å². The van der Waals surface area contributed by atoms with Crippen molar-refractivity contribution in [2.45, 2.75) is 26.8 Å². The van der Waals surface area contributed by atoms with E-state index in [9.17, 15) is 4.79 Å². The maximum Gasteiger partial charge on any atom is 0.338 e. The fourth-order valence-electron chi connectivity index (χ4n) is 2.63. The van der Waals surface area contributed by atoms with Gasteiger partial charge >= 0.3 is 5.97 Å². The second kappa shape index (κ2) is 9.06. The zero-order chi connectivity index (χ0) is 19.1. The number of ether oxygens (including phenoxy) is 3. The van der Waals surface area contributed by atoms with Crippen LogP contribution in [0.15, 0.2) is 29.5 Å². The molecule has 0 radical (unpaired) electrons. The normalized spacial score (nSPS) is 16.2. The zero-order valence-corrected chi connectivity index (χ0v) is 15.7. The van der Waals surface area contributed by atoms with E-state index < -0.39 is 12.0 Å². The number of rotatable bonds is 7. The fourth-order valence-corrected chi connectivity index (χ4v) is 2.90. The first-order chi connectivity index (χ1) is 12.5. The molecule has 0 aromatic heterocycles. The Kier molecular flexibility index (Phi) is 6.81. The van der Waals surface area contributed by atoms with Gasteiger partial charge in [0.2, 0.25) is 0 Å². The van der Waals surface area contributed by atoms with Gasteiger partial charge in [0, 0.05) is 5.70 Å². The average Bonchev–Trinajstić information content (AvgIpc) is 2.60. The van der Waals surface area contributed by atoms with E-state index in [1.54, 1.807) is 32.0 Å². The number of nitrogens with zero attached hydrogens (tertiary/aromatic N) is 1. The van der Waals surface area contributed by atoms with Gasteiger partial charge < -0.3 is 24.8 Å². The highest BCUT2D eigenvalue weighted by Gasteiger charge is 2.31. The van der Waals surface area contributed by atoms with Crippen LogP contribution in [0.5, 0.6) is 11.5 Å². The molecule has 138 valence electrons. The van der Waals surface area contributed by atoms with Gasteiger partial charge in [-0.2, -0.15) is 5.26 Å². The molecule has 0 unspecified atom stereocenters. The summed E-state index contributed by atoms with van der Waals surface area (Å²) in [6, 6.07) is 6.73. The molecule has 0 fully saturated rings. The van der Waals surface area contributed by atoms with E-state index in [2.05, 4.69) is 10.6 Å². The lowest BCUT2D eigenvalue weighted by molar-refractivity contribution is -0.139. The van der Waals surface area contributed by atoms with Crippen LogP contribution in [0, 0.1) is 11.3 Å². The van der Waals surface area contributed by atoms with Gasteiger partial charge in [-0.05, 0) is 50.7 Å². The first-order valence-electron chi connectivity index (χ1n) is 8.23. The summed E-state index contributed by atoms with van der Waals surface area (Å²) in [5, 5.41) is 15.2. The molecule has 2 rings (SSSR count). The van der Waals surface area contributed by atoms with E-state index in [0.29, 0.717) is 34.5 Å². The summed E-state index contributed by atoms with van der Waals surface area (Å²) >= 11 is 5.23. The number of hydrogen-bond donors (Lipinski definition) is 2. The Balaban J connectivity index is 2.44. The topological polar surface area (TPSA) is 92.6 Å². The molecule has 2 N–H and O–H groups in total. The van der Waals surface area contributed by atoms with E-state index in [0.717, 1.165) is 5.56 Å². The van der Waals surface area contributed by atoms with E-state index in [1.807, 2.05) is 13.0 Å². The van der Waals surface area contributed by atoms with Crippen molar-refractivity contribution in [1.29, 1.82) is 5.26 Å². The number of carbonyl (C=O) groups excluding carboxylic acids is 1. The molecule has 7 nitrogen and oxygen atoms in total. The van der Waals surface area contributed by atoms with Gasteiger partial charge in [-0.3, -0.25) is 0 Å². The Hall–Kier alpha value is -2.79. The van der Waals surface area contributed by atoms with Gasteiger partial charge in [0.25, 0.3) is 0 Å². The minimum Gasteiger partial charge on any atom is -0.490 e. The molecule has 0 amide bonds. The lowest BCUT2D eigenvalue weighted by Gasteiger charge is -2.30. The molecule has 1 aliphatic heterocycles. The molecule has 0 bridgehead atoms. The van der Waals surface area contributed by atoms with Crippen LogP contribution in [-0.2, 0) is 9.53 Å². The van der Waals surface area contributed by atoms with Crippen molar-refractivity contribution in [2.24, 2.45) is 0 Å². The smallest absolute Gasteiger partial charge is 0.338 e. The van der Waals surface area contributed by atoms with E-state index in [1.165, 1.54) is 0 Å². The van der Waals surface area contributed by atoms with E-state index >= 15 is 0 Å². The lowest BCUT2D eigenvalue weighted by Crippen LogP contribution is -2.45. The number of hydrogen-bond acceptors (Lipinski definition) is 6. The van der Waals surface area contributed by atoms with Crippen molar-refractivity contribution in [2.75, 3.05) is 19.8 Å². The summed E-state index contributed by atoms with van der Waals surface area (Å²) in [5.74, 6) is 0.541. The molecule has 1 aliphatic rings. The van der Waals surface area contributed by atoms with Crippen molar-refractivity contribution in [3.8, 4) is 17.6 Å². The molecule has 0 aliphatic carbocycles. The highest BCUT2D eigenvalue weighted by Crippen LogP contribution is 2.34. The molecule has 1 aromatic rings. The van der Waals surface area contributed by atoms with Gasteiger partial charge in [0.1, 0.15) is 6.07 Å². The van der Waals surface area contributed by atoms with Crippen molar-refractivity contribution in [3.63, 3.8) is 0 Å². The van der Waals surface area contributed by atoms with E-state index in [-0.39, 0.29) is 13.2 Å². The van der Waals surface area contributed by atoms with Crippen LogP contribution in [0.3, 0.4) is 0 Å². The van der Waals surface area contributed by atoms with Gasteiger partial charge in [-0.15, -0.1) is 0 Å². The van der Waals surface area contributed by atoms with Crippen molar-refractivity contribution in [1.82, 2.24) is 10.6 Å². The summed E-state index contributed by atoms with van der Waals surface area (Å²) in [4.78, 5) is 12.4. The standard InChI is InChI=1S/C18H21N3O4S/c1-4-23-14-10-12(6-7-13(14)25-9-8-19)16-15(17(22)24-5-2)11(3)20-18(26)21-16/h6-7,10,16H,4-5,9H2,1-3H3,(H2,20,21,26)/t16-/m1/s1. The summed E-state index contributed by atoms with van der Waals surface area (Å²) in [7, 11) is 0. The molecule has 26 heavy (non-hydrogen) atoms. The molecule has 1 aromatic carbocycles. The predicted octanol–water partition coefficient (Wildman–Crippen LogP) is 2.34. The third-order valence-corrected chi connectivity index (χ3v) is 3.88. The minimum atomic E-state index is -0.480. The highest BCUT2D eigenvalue weighted by molar-refractivity contribution is 7.80. The minimum absolute atomic E-state index is 0.0812. The van der Waals surface area contributed by atoms with Gasteiger partial charge in [0.15, 0.2) is 23.2 Å². The van der Waals surface area contributed by atoms with Gasteiger partial charge in [0.05, 0.1) is 24.8 Å². The molecule has 1 atom stereocenters. The molecular formula is C18H21N3O4S. The number of carbonyl (C=O) groups is 1. The number of benzene rings is 1. The summed E-state index contributed by atoms with van der Waals surface area (Å²) in [6.45, 7) is 6.02. The van der Waals surface area contributed by atoms with Crippen LogP contribution < -0.4 is 20.1 Å². The maximum atomic E-state index is 12.4. The van der Waals surface area contributed by atoms with Crippen LogP contribution in [0.4, 0.5) is 0 Å². The van der Waals surface area contributed by atoms with Crippen LogP contribution in [0.25, 0.3) is 0 Å². The van der Waals surface area contributed by atoms with Crippen LogP contribution in [0.2, 0.25) is 0 Å². The molecular weight excluding hydrogens is 354 g/mol. The first-order valence-corrected chi connectivity index (χ1v) is 8.64. The molecule has 0 saturated heterocycles. The summed E-state index contributed by atoms with van der Waals surface area (Å²) in [5.41, 5.74) is 1.86. The molecule has 0 saturated carbocycles. The Labute approximate surface area is 157 Å². The Morgan fingerprint density at radius 2 is 2.04 bits per heavy atom. The quantitative estimate of drug-likeness (QED) is 0.554. The van der Waals surface area contributed by atoms with Crippen LogP contribution in [0.1, 0.15) is 32.4 Å². The second-order valence-corrected chi connectivity index (χ2v) is 5.78. The maximum absolute atomic E-state index is 12.4. The molecule has 8 heteroatoms. The third-order valence-electron chi connectivity index (χ3n) is 3.66. The summed E-state index contributed by atoms with van der Waals surface area (Å²) in [6.07, 6.45) is 0. The van der Waals surface area contributed by atoms with Crippen molar-refractivity contribution < 1.29 is 19.0 Å². The average molecular weight is 375 g/mol. The predicted molar refractivity (Wildman–Crippen MR) is 99.7 cm³/mol. The second-order valence-electron chi connectivity index (χ2n) is 5.38. The third kappa shape index (κ3) is 4.43. The van der Waals surface area contributed by atoms with Crippen molar-refractivity contribution >= 4 is 23.3 Å².